The molecule has 0 saturated heterocycles. The molecule has 0 amide bonds. The summed E-state index contributed by atoms with van der Waals surface area (Å²) in [7, 11) is 1.31. The van der Waals surface area contributed by atoms with Gasteiger partial charge in [0.05, 0.1) is 7.11 Å². The van der Waals surface area contributed by atoms with Crippen LogP contribution in [0.1, 0.15) is 95.5 Å². The predicted molar refractivity (Wildman–Crippen MR) is 125 cm³/mol. The highest BCUT2D eigenvalue weighted by molar-refractivity contribution is 5.85. The highest BCUT2D eigenvalue weighted by Crippen LogP contribution is 2.48. The van der Waals surface area contributed by atoms with Gasteiger partial charge in [-0.15, -0.1) is 0 Å². The van der Waals surface area contributed by atoms with Gasteiger partial charge in [-0.3, -0.25) is 0 Å². The fraction of sp³-hybridized carbons (Fsp3) is 0.643. The average Bonchev–Trinajstić information content (AvgIpc) is 2.78. The number of hydrogen-bond donors (Lipinski definition) is 0. The number of halogens is 2. The molecule has 2 aromatic rings. The van der Waals surface area contributed by atoms with Crippen molar-refractivity contribution >= 4 is 10.8 Å². The molecule has 0 heterocycles. The third kappa shape index (κ3) is 5.07. The van der Waals surface area contributed by atoms with E-state index in [1.54, 1.807) is 0 Å². The van der Waals surface area contributed by atoms with E-state index in [0.29, 0.717) is 16.7 Å². The van der Waals surface area contributed by atoms with Gasteiger partial charge in [0.25, 0.3) is 0 Å². The Hall–Kier alpha value is -1.64. The molecule has 4 rings (SSSR count). The van der Waals surface area contributed by atoms with Crippen LogP contribution in [0.4, 0.5) is 8.78 Å². The molecule has 2 aromatic carbocycles. The van der Waals surface area contributed by atoms with Crippen molar-refractivity contribution in [2.75, 3.05) is 7.11 Å². The lowest BCUT2D eigenvalue weighted by molar-refractivity contribution is 0.113. The van der Waals surface area contributed by atoms with E-state index in [2.05, 4.69) is 13.0 Å². The Balaban J connectivity index is 1.37. The van der Waals surface area contributed by atoms with Gasteiger partial charge in [0.2, 0.25) is 0 Å². The molecule has 0 bridgehead atoms. The standard InChI is InChI=1S/C28H38F2O/c1-3-4-5-6-7-8-19-9-10-21-16-22(12-11-20(21)15-19)23-13-14-25-24(17-23)18-26(29)28(31-2)27(25)30/h13-14,17-22H,3-12,15-16H2,1-2H3. The van der Waals surface area contributed by atoms with E-state index in [4.69, 9.17) is 4.74 Å². The van der Waals surface area contributed by atoms with Gasteiger partial charge < -0.3 is 4.74 Å². The van der Waals surface area contributed by atoms with Gasteiger partial charge in [-0.2, -0.15) is 0 Å². The monoisotopic (exact) mass is 428 g/mol. The fourth-order valence-corrected chi connectivity index (χ4v) is 6.36. The first-order valence-corrected chi connectivity index (χ1v) is 12.6. The summed E-state index contributed by atoms with van der Waals surface area (Å²) in [4.78, 5) is 0. The summed E-state index contributed by atoms with van der Waals surface area (Å²) in [6, 6.07) is 7.28. The third-order valence-corrected chi connectivity index (χ3v) is 8.12. The van der Waals surface area contributed by atoms with Gasteiger partial charge in [0.1, 0.15) is 0 Å². The predicted octanol–water partition coefficient (Wildman–Crippen LogP) is 8.79. The van der Waals surface area contributed by atoms with Crippen molar-refractivity contribution in [3.63, 3.8) is 0 Å². The second-order valence-electron chi connectivity index (χ2n) is 10.1. The first-order valence-electron chi connectivity index (χ1n) is 12.6. The molecule has 0 aliphatic heterocycles. The second kappa shape index (κ2) is 10.3. The summed E-state index contributed by atoms with van der Waals surface area (Å²) >= 11 is 0. The van der Waals surface area contributed by atoms with E-state index >= 15 is 0 Å². The van der Waals surface area contributed by atoms with Crippen LogP contribution in [0.2, 0.25) is 0 Å². The van der Waals surface area contributed by atoms with Crippen LogP contribution in [0.25, 0.3) is 10.8 Å². The normalized spacial score (nSPS) is 26.1. The molecular weight excluding hydrogens is 390 g/mol. The highest BCUT2D eigenvalue weighted by atomic mass is 19.1. The van der Waals surface area contributed by atoms with Crippen molar-refractivity contribution in [3.8, 4) is 5.75 Å². The zero-order chi connectivity index (χ0) is 21.8. The Kier molecular flexibility index (Phi) is 7.51. The SMILES string of the molecule is CCCCCCCC1CCC2CC(c3ccc4c(F)c(OC)c(F)cc4c3)CCC2C1. The van der Waals surface area contributed by atoms with Crippen molar-refractivity contribution in [2.45, 2.75) is 89.9 Å². The van der Waals surface area contributed by atoms with Crippen LogP contribution < -0.4 is 4.74 Å². The van der Waals surface area contributed by atoms with Gasteiger partial charge >= 0.3 is 0 Å². The molecule has 31 heavy (non-hydrogen) atoms. The topological polar surface area (TPSA) is 9.23 Å². The maximum absolute atomic E-state index is 14.5. The minimum atomic E-state index is -0.624. The van der Waals surface area contributed by atoms with Crippen molar-refractivity contribution in [3.05, 3.63) is 41.5 Å². The number of ether oxygens (including phenoxy) is 1. The first-order chi connectivity index (χ1) is 15.1. The Bertz CT molecular complexity index is 877. The summed E-state index contributed by atoms with van der Waals surface area (Å²) in [5.74, 6) is 1.68. The van der Waals surface area contributed by atoms with Gasteiger partial charge in [-0.05, 0) is 72.8 Å². The molecule has 0 aromatic heterocycles. The zero-order valence-corrected chi connectivity index (χ0v) is 19.3. The van der Waals surface area contributed by atoms with Gasteiger partial charge in [0, 0.05) is 5.39 Å². The molecule has 2 fully saturated rings. The Labute approximate surface area is 186 Å². The second-order valence-corrected chi connectivity index (χ2v) is 10.1. The molecule has 3 heteroatoms. The van der Waals surface area contributed by atoms with Crippen LogP contribution in [0, 0.1) is 29.4 Å². The minimum absolute atomic E-state index is 0.289. The number of hydrogen-bond acceptors (Lipinski definition) is 1. The van der Waals surface area contributed by atoms with E-state index in [0.717, 1.165) is 17.8 Å². The number of methoxy groups -OCH3 is 1. The molecule has 170 valence electrons. The molecule has 2 saturated carbocycles. The number of rotatable bonds is 8. The van der Waals surface area contributed by atoms with E-state index in [1.165, 1.54) is 95.8 Å². The van der Waals surface area contributed by atoms with E-state index in [1.807, 2.05) is 12.1 Å². The molecule has 2 aliphatic rings. The molecule has 4 atom stereocenters. The lowest BCUT2D eigenvalue weighted by Crippen LogP contribution is -2.30. The van der Waals surface area contributed by atoms with Crippen LogP contribution >= 0.6 is 0 Å². The van der Waals surface area contributed by atoms with Gasteiger partial charge in [-0.1, -0.05) is 70.1 Å². The zero-order valence-electron chi connectivity index (χ0n) is 19.3. The summed E-state index contributed by atoms with van der Waals surface area (Å²) in [5.41, 5.74) is 1.24. The van der Waals surface area contributed by atoms with Crippen LogP contribution in [0.3, 0.4) is 0 Å². The van der Waals surface area contributed by atoms with E-state index < -0.39 is 11.6 Å². The largest absolute Gasteiger partial charge is 0.491 e. The molecule has 4 unspecified atom stereocenters. The number of unbranched alkanes of at least 4 members (excludes halogenated alkanes) is 4. The Morgan fingerprint density at radius 2 is 1.68 bits per heavy atom. The molecule has 0 radical (unpaired) electrons. The van der Waals surface area contributed by atoms with Crippen molar-refractivity contribution in [1.29, 1.82) is 0 Å². The summed E-state index contributed by atoms with van der Waals surface area (Å²) in [6.07, 6.45) is 16.3. The Morgan fingerprint density at radius 3 is 2.48 bits per heavy atom. The lowest BCUT2D eigenvalue weighted by atomic mass is 9.63. The van der Waals surface area contributed by atoms with Gasteiger partial charge in [0.15, 0.2) is 17.4 Å². The smallest absolute Gasteiger partial charge is 0.191 e. The maximum atomic E-state index is 14.5. The van der Waals surface area contributed by atoms with E-state index in [9.17, 15) is 8.78 Å². The quantitative estimate of drug-likeness (QED) is 0.382. The van der Waals surface area contributed by atoms with Gasteiger partial charge in [-0.25, -0.2) is 8.78 Å². The van der Waals surface area contributed by atoms with Crippen molar-refractivity contribution < 1.29 is 13.5 Å². The molecule has 1 nitrogen and oxygen atoms in total. The van der Waals surface area contributed by atoms with Crippen LogP contribution in [0.5, 0.6) is 5.75 Å². The summed E-state index contributed by atoms with van der Waals surface area (Å²) in [6.45, 7) is 2.28. The van der Waals surface area contributed by atoms with Crippen LogP contribution in [-0.4, -0.2) is 7.11 Å². The highest BCUT2D eigenvalue weighted by Gasteiger charge is 2.35. The van der Waals surface area contributed by atoms with Crippen LogP contribution in [-0.2, 0) is 0 Å². The van der Waals surface area contributed by atoms with Crippen molar-refractivity contribution in [2.24, 2.45) is 17.8 Å². The third-order valence-electron chi connectivity index (χ3n) is 8.12. The lowest BCUT2D eigenvalue weighted by Gasteiger charge is -2.42. The molecular formula is C28H38F2O. The number of benzene rings is 2. The van der Waals surface area contributed by atoms with E-state index in [-0.39, 0.29) is 5.75 Å². The minimum Gasteiger partial charge on any atom is -0.491 e. The molecule has 0 spiro atoms. The average molecular weight is 429 g/mol. The molecule has 0 N–H and O–H groups in total. The number of fused-ring (bicyclic) bond motifs is 2. The molecule has 2 aliphatic carbocycles. The Morgan fingerprint density at radius 1 is 0.903 bits per heavy atom. The maximum Gasteiger partial charge on any atom is 0.191 e. The fourth-order valence-electron chi connectivity index (χ4n) is 6.36. The first kappa shape index (κ1) is 22.6. The summed E-state index contributed by atoms with van der Waals surface area (Å²) < 4.78 is 33.6. The van der Waals surface area contributed by atoms with Crippen LogP contribution in [0.15, 0.2) is 24.3 Å². The summed E-state index contributed by atoms with van der Waals surface area (Å²) in [5, 5.41) is 1.08. The van der Waals surface area contributed by atoms with Crippen molar-refractivity contribution in [1.82, 2.24) is 0 Å².